The Morgan fingerprint density at radius 1 is 1.27 bits per heavy atom. The molecule has 2 aliphatic rings. The van der Waals surface area contributed by atoms with Crippen molar-refractivity contribution in [3.05, 3.63) is 21.4 Å². The van der Waals surface area contributed by atoms with E-state index in [1.165, 1.54) is 4.90 Å². The van der Waals surface area contributed by atoms with Gasteiger partial charge in [0.2, 0.25) is 0 Å². The fraction of sp³-hybridized carbons (Fsp3) is 0.647. The van der Waals surface area contributed by atoms with Crippen molar-refractivity contribution in [3.63, 3.8) is 0 Å². The maximum atomic E-state index is 13.1. The van der Waals surface area contributed by atoms with Crippen molar-refractivity contribution in [1.82, 2.24) is 4.90 Å². The Bertz CT molecular complexity index is 727. The maximum absolute atomic E-state index is 13.1. The van der Waals surface area contributed by atoms with E-state index in [2.05, 4.69) is 0 Å². The molecule has 5 nitrogen and oxygen atoms in total. The minimum atomic E-state index is -4.50. The Kier molecular flexibility index (Phi) is 4.59. The van der Waals surface area contributed by atoms with Gasteiger partial charge in [0.25, 0.3) is 0 Å². The molecule has 144 valence electrons. The zero-order valence-electron chi connectivity index (χ0n) is 14.7. The predicted molar refractivity (Wildman–Crippen MR) is 88.3 cm³/mol. The molecule has 1 fully saturated rings. The van der Waals surface area contributed by atoms with E-state index < -0.39 is 34.1 Å². The number of carbonyl (C=O) groups is 2. The fourth-order valence-corrected chi connectivity index (χ4v) is 4.42. The van der Waals surface area contributed by atoms with E-state index in [-0.39, 0.29) is 12.2 Å². The molecule has 0 saturated carbocycles. The molecule has 0 unspecified atom stereocenters. The molecular weight excluding hydrogens is 371 g/mol. The van der Waals surface area contributed by atoms with Gasteiger partial charge in [0.1, 0.15) is 22.7 Å². The highest BCUT2D eigenvalue weighted by Crippen LogP contribution is 2.48. The first-order valence-corrected chi connectivity index (χ1v) is 9.10. The van der Waals surface area contributed by atoms with Crippen molar-refractivity contribution in [2.45, 2.75) is 51.0 Å². The van der Waals surface area contributed by atoms with E-state index in [9.17, 15) is 22.8 Å². The molecule has 0 radical (unpaired) electrons. The monoisotopic (exact) mass is 391 g/mol. The number of nitrogens with zero attached hydrogens (tertiary/aromatic N) is 1. The average molecular weight is 391 g/mol. The number of likely N-dealkylation sites (tertiary alicyclic amines) is 1. The summed E-state index contributed by atoms with van der Waals surface area (Å²) in [6, 6.07) is 0.923. The van der Waals surface area contributed by atoms with E-state index >= 15 is 0 Å². The van der Waals surface area contributed by atoms with Gasteiger partial charge in [-0.05, 0) is 39.7 Å². The minimum absolute atomic E-state index is 0.0966. The van der Waals surface area contributed by atoms with Gasteiger partial charge >= 0.3 is 12.3 Å². The maximum Gasteiger partial charge on any atom is 0.425 e. The number of hydrogen-bond acceptors (Lipinski definition) is 5. The molecule has 1 aromatic rings. The van der Waals surface area contributed by atoms with Crippen molar-refractivity contribution in [2.75, 3.05) is 19.7 Å². The molecule has 0 atom stereocenters. The molecule has 3 rings (SSSR count). The molecule has 1 saturated heterocycles. The van der Waals surface area contributed by atoms with Gasteiger partial charge in [-0.15, -0.1) is 11.3 Å². The van der Waals surface area contributed by atoms with Crippen LogP contribution in [0.15, 0.2) is 6.07 Å². The van der Waals surface area contributed by atoms with Crippen molar-refractivity contribution in [2.24, 2.45) is 0 Å². The van der Waals surface area contributed by atoms with Crippen LogP contribution in [0.5, 0.6) is 0 Å². The second kappa shape index (κ2) is 6.23. The number of halogens is 3. The number of ether oxygens (including phenoxy) is 2. The molecule has 0 bridgehead atoms. The van der Waals surface area contributed by atoms with Crippen LogP contribution in [0, 0.1) is 0 Å². The van der Waals surface area contributed by atoms with E-state index in [1.54, 1.807) is 20.8 Å². The third kappa shape index (κ3) is 3.59. The Balaban J connectivity index is 1.81. The molecule has 1 spiro atoms. The van der Waals surface area contributed by atoms with Crippen LogP contribution in [0.4, 0.5) is 18.0 Å². The van der Waals surface area contributed by atoms with Crippen molar-refractivity contribution in [1.29, 1.82) is 0 Å². The smallest absolute Gasteiger partial charge is 0.425 e. The van der Waals surface area contributed by atoms with Crippen LogP contribution in [0.2, 0.25) is 0 Å². The van der Waals surface area contributed by atoms with Gasteiger partial charge < -0.3 is 14.4 Å². The lowest BCUT2D eigenvalue weighted by Gasteiger charge is -2.43. The lowest BCUT2D eigenvalue weighted by atomic mass is 9.85. The van der Waals surface area contributed by atoms with E-state index in [4.69, 9.17) is 9.47 Å². The molecule has 3 heterocycles. The highest BCUT2D eigenvalue weighted by Gasteiger charge is 2.48. The van der Waals surface area contributed by atoms with Crippen LogP contribution >= 0.6 is 11.3 Å². The molecule has 0 aromatic carbocycles. The molecule has 9 heteroatoms. The van der Waals surface area contributed by atoms with Crippen LogP contribution in [0.3, 0.4) is 0 Å². The first-order valence-electron chi connectivity index (χ1n) is 8.28. The zero-order chi connectivity index (χ0) is 19.3. The number of alkyl halides is 3. The second-order valence-corrected chi connectivity index (χ2v) is 8.58. The van der Waals surface area contributed by atoms with Crippen LogP contribution in [-0.2, 0) is 21.3 Å². The number of hydrogen-bond donors (Lipinski definition) is 0. The van der Waals surface area contributed by atoms with E-state index in [0.717, 1.165) is 6.07 Å². The number of thiophene rings is 1. The molecule has 0 N–H and O–H groups in total. The quantitative estimate of drug-likeness (QED) is 0.665. The minimum Gasteiger partial charge on any atom is -0.444 e. The summed E-state index contributed by atoms with van der Waals surface area (Å²) in [7, 11) is 0. The normalized spacial score (nSPS) is 20.2. The number of amides is 1. The topological polar surface area (TPSA) is 55.8 Å². The van der Waals surface area contributed by atoms with Crippen molar-refractivity contribution in [3.8, 4) is 0 Å². The summed E-state index contributed by atoms with van der Waals surface area (Å²) in [5.41, 5.74) is -1.47. The van der Waals surface area contributed by atoms with Gasteiger partial charge in [-0.3, -0.25) is 4.79 Å². The summed E-state index contributed by atoms with van der Waals surface area (Å²) >= 11 is 0.565. The molecule has 2 aliphatic heterocycles. The summed E-state index contributed by atoms with van der Waals surface area (Å²) in [4.78, 5) is 25.2. The van der Waals surface area contributed by atoms with E-state index in [1.807, 2.05) is 0 Å². The summed E-state index contributed by atoms with van der Waals surface area (Å²) in [6.07, 6.45) is -4.31. The summed E-state index contributed by atoms with van der Waals surface area (Å²) in [5.74, 6) is -0.438. The standard InChI is InChI=1S/C17H20F3NO4S/c1-15(2,3)25-14(23)21-6-4-16(5-7-21)13-10(11(22)9-24-16)8-12(26-13)17(18,19)20/h8H,4-7,9H2,1-3H3. The largest absolute Gasteiger partial charge is 0.444 e. The lowest BCUT2D eigenvalue weighted by molar-refractivity contribution is -0.134. The third-order valence-electron chi connectivity index (χ3n) is 4.43. The molecule has 1 amide bonds. The molecular formula is C17H20F3NO4S. The summed E-state index contributed by atoms with van der Waals surface area (Å²) in [6.45, 7) is 5.64. The Hall–Kier alpha value is -1.61. The summed E-state index contributed by atoms with van der Waals surface area (Å²) in [5, 5.41) is 0. The number of Topliss-reactive ketones (excluding diaryl/α,β-unsaturated/α-hetero) is 1. The average Bonchev–Trinajstić information content (AvgIpc) is 2.97. The number of carbonyl (C=O) groups excluding carboxylic acids is 2. The van der Waals surface area contributed by atoms with Crippen LogP contribution in [0.1, 0.15) is 53.7 Å². The Morgan fingerprint density at radius 3 is 2.42 bits per heavy atom. The molecule has 26 heavy (non-hydrogen) atoms. The number of rotatable bonds is 0. The Morgan fingerprint density at radius 2 is 1.88 bits per heavy atom. The van der Waals surface area contributed by atoms with Crippen LogP contribution < -0.4 is 0 Å². The molecule has 0 aliphatic carbocycles. The third-order valence-corrected chi connectivity index (χ3v) is 5.79. The van der Waals surface area contributed by atoms with E-state index in [0.29, 0.717) is 42.1 Å². The SMILES string of the molecule is CC(C)(C)OC(=O)N1CCC2(CC1)OCC(=O)c1cc(C(F)(F)F)sc12. The predicted octanol–water partition coefficient (Wildman–Crippen LogP) is 4.21. The first kappa shape index (κ1) is 19.2. The van der Waals surface area contributed by atoms with Gasteiger partial charge in [0.05, 0.1) is 0 Å². The van der Waals surface area contributed by atoms with Crippen molar-refractivity contribution < 1.29 is 32.2 Å². The number of piperidine rings is 1. The lowest BCUT2D eigenvalue weighted by Crippen LogP contribution is -2.49. The van der Waals surface area contributed by atoms with Crippen molar-refractivity contribution >= 4 is 23.2 Å². The van der Waals surface area contributed by atoms with Gasteiger partial charge in [-0.25, -0.2) is 4.79 Å². The highest BCUT2D eigenvalue weighted by molar-refractivity contribution is 7.12. The number of fused-ring (bicyclic) bond motifs is 2. The van der Waals surface area contributed by atoms with Crippen LogP contribution in [-0.4, -0.2) is 42.1 Å². The number of ketones is 1. The van der Waals surface area contributed by atoms with Crippen LogP contribution in [0.25, 0.3) is 0 Å². The highest BCUT2D eigenvalue weighted by atomic mass is 32.1. The second-order valence-electron chi connectivity index (χ2n) is 7.52. The van der Waals surface area contributed by atoms with Gasteiger partial charge in [-0.1, -0.05) is 0 Å². The first-order chi connectivity index (χ1) is 11.9. The Labute approximate surface area is 153 Å². The zero-order valence-corrected chi connectivity index (χ0v) is 15.6. The van der Waals surface area contributed by atoms with Gasteiger partial charge in [0.15, 0.2) is 5.78 Å². The van der Waals surface area contributed by atoms with Gasteiger partial charge in [0, 0.05) is 23.5 Å². The fourth-order valence-electron chi connectivity index (χ4n) is 3.17. The molecule has 1 aromatic heterocycles. The summed E-state index contributed by atoms with van der Waals surface area (Å²) < 4.78 is 50.3. The van der Waals surface area contributed by atoms with Gasteiger partial charge in [-0.2, -0.15) is 13.2 Å².